The maximum Gasteiger partial charge on any atom is 0.0982 e. The molecule has 21 heavy (non-hydrogen) atoms. The predicted octanol–water partition coefficient (Wildman–Crippen LogP) is 4.62. The van der Waals surface area contributed by atoms with E-state index in [1.807, 2.05) is 18.2 Å². The zero-order valence-electron chi connectivity index (χ0n) is 11.4. The van der Waals surface area contributed by atoms with Gasteiger partial charge in [-0.05, 0) is 34.5 Å². The minimum absolute atomic E-state index is 0.794. The maximum absolute atomic E-state index is 5.84. The lowest BCUT2D eigenvalue weighted by molar-refractivity contribution is 1.17. The maximum atomic E-state index is 5.84. The quantitative estimate of drug-likeness (QED) is 0.547. The summed E-state index contributed by atoms with van der Waals surface area (Å²) in [4.78, 5) is 4.72. The molecule has 102 valence electrons. The number of benzene rings is 3. The van der Waals surface area contributed by atoms with Gasteiger partial charge in [-0.3, -0.25) is 0 Å². The molecule has 0 amide bonds. The molecule has 2 N–H and O–H groups in total. The van der Waals surface area contributed by atoms with Crippen LogP contribution in [0.2, 0.25) is 0 Å². The van der Waals surface area contributed by atoms with Crippen molar-refractivity contribution in [1.82, 2.24) is 4.98 Å². The molecule has 3 heteroatoms. The Labute approximate surface area is 126 Å². The molecule has 0 saturated heterocycles. The summed E-state index contributed by atoms with van der Waals surface area (Å²) in [7, 11) is 0. The Kier molecular flexibility index (Phi) is 2.86. The lowest BCUT2D eigenvalue weighted by Crippen LogP contribution is -1.88. The Morgan fingerprint density at radius 1 is 0.952 bits per heavy atom. The summed E-state index contributed by atoms with van der Waals surface area (Å²) in [6.07, 6.45) is 0.862. The minimum Gasteiger partial charge on any atom is -0.399 e. The summed E-state index contributed by atoms with van der Waals surface area (Å²) < 4.78 is 1.16. The van der Waals surface area contributed by atoms with Crippen LogP contribution in [0.5, 0.6) is 0 Å². The molecule has 3 aromatic carbocycles. The van der Waals surface area contributed by atoms with Crippen LogP contribution in [0.3, 0.4) is 0 Å². The number of hydrogen-bond acceptors (Lipinski definition) is 3. The van der Waals surface area contributed by atoms with Gasteiger partial charge in [0, 0.05) is 12.1 Å². The van der Waals surface area contributed by atoms with Crippen molar-refractivity contribution in [2.45, 2.75) is 6.42 Å². The fourth-order valence-corrected chi connectivity index (χ4v) is 3.71. The van der Waals surface area contributed by atoms with Gasteiger partial charge in [0.05, 0.1) is 15.2 Å². The Morgan fingerprint density at radius 2 is 1.81 bits per heavy atom. The minimum atomic E-state index is 0.794. The fourth-order valence-electron chi connectivity index (χ4n) is 2.67. The zero-order chi connectivity index (χ0) is 14.2. The van der Waals surface area contributed by atoms with Crippen LogP contribution < -0.4 is 5.73 Å². The van der Waals surface area contributed by atoms with E-state index in [1.54, 1.807) is 11.3 Å². The molecule has 0 spiro atoms. The molecule has 1 heterocycles. The Morgan fingerprint density at radius 3 is 2.76 bits per heavy atom. The van der Waals surface area contributed by atoms with Crippen LogP contribution in [0.25, 0.3) is 21.0 Å². The van der Waals surface area contributed by atoms with Crippen molar-refractivity contribution in [3.63, 3.8) is 0 Å². The normalized spacial score (nSPS) is 11.2. The van der Waals surface area contributed by atoms with Crippen molar-refractivity contribution in [3.05, 3.63) is 71.2 Å². The second kappa shape index (κ2) is 4.86. The first-order valence-corrected chi connectivity index (χ1v) is 7.73. The molecule has 0 aliphatic rings. The van der Waals surface area contributed by atoms with Crippen molar-refractivity contribution in [2.75, 3.05) is 5.73 Å². The molecular weight excluding hydrogens is 276 g/mol. The van der Waals surface area contributed by atoms with Crippen molar-refractivity contribution in [2.24, 2.45) is 0 Å². The molecule has 0 unspecified atom stereocenters. The number of aromatic nitrogens is 1. The van der Waals surface area contributed by atoms with Gasteiger partial charge >= 0.3 is 0 Å². The second-order valence-corrected chi connectivity index (χ2v) is 6.27. The standard InChI is InChI=1S/C18H14N2S/c19-14-8-9-16-17(11-14)21-18(20-16)10-13-6-3-5-12-4-1-2-7-15(12)13/h1-9,11H,10,19H2. The highest BCUT2D eigenvalue weighted by molar-refractivity contribution is 7.18. The number of rotatable bonds is 2. The topological polar surface area (TPSA) is 38.9 Å². The molecule has 0 aliphatic carbocycles. The first-order chi connectivity index (χ1) is 10.3. The first-order valence-electron chi connectivity index (χ1n) is 6.91. The molecule has 0 aliphatic heterocycles. The van der Waals surface area contributed by atoms with Gasteiger partial charge < -0.3 is 5.73 Å². The summed E-state index contributed by atoms with van der Waals surface area (Å²) >= 11 is 1.72. The van der Waals surface area contributed by atoms with Crippen LogP contribution in [0.4, 0.5) is 5.69 Å². The van der Waals surface area contributed by atoms with Gasteiger partial charge in [-0.1, -0.05) is 42.5 Å². The van der Waals surface area contributed by atoms with Gasteiger partial charge in [0.1, 0.15) is 0 Å². The average Bonchev–Trinajstić information content (AvgIpc) is 2.89. The van der Waals surface area contributed by atoms with Gasteiger partial charge in [0.2, 0.25) is 0 Å². The number of nitrogen functional groups attached to an aromatic ring is 1. The van der Waals surface area contributed by atoms with Gasteiger partial charge in [-0.15, -0.1) is 11.3 Å². The molecule has 0 fully saturated rings. The number of thiazole rings is 1. The van der Waals surface area contributed by atoms with Crippen LogP contribution in [0, 0.1) is 0 Å². The van der Waals surface area contributed by atoms with Gasteiger partial charge in [-0.25, -0.2) is 4.98 Å². The van der Waals surface area contributed by atoms with Gasteiger partial charge in [0.25, 0.3) is 0 Å². The number of hydrogen-bond donors (Lipinski definition) is 1. The van der Waals surface area contributed by atoms with Crippen LogP contribution in [-0.2, 0) is 6.42 Å². The average molecular weight is 290 g/mol. The summed E-state index contributed by atoms with van der Waals surface area (Å²) in [5.41, 5.74) is 8.98. The molecule has 4 rings (SSSR count). The predicted molar refractivity (Wildman–Crippen MR) is 90.8 cm³/mol. The summed E-state index contributed by atoms with van der Waals surface area (Å²) in [6.45, 7) is 0. The van der Waals surface area contributed by atoms with Gasteiger partial charge in [0.15, 0.2) is 0 Å². The molecule has 2 nitrogen and oxygen atoms in total. The van der Waals surface area contributed by atoms with E-state index in [0.717, 1.165) is 27.3 Å². The highest BCUT2D eigenvalue weighted by Gasteiger charge is 2.07. The van der Waals surface area contributed by atoms with E-state index in [-0.39, 0.29) is 0 Å². The largest absolute Gasteiger partial charge is 0.399 e. The number of nitrogens with two attached hydrogens (primary N) is 1. The highest BCUT2D eigenvalue weighted by atomic mass is 32.1. The molecule has 0 saturated carbocycles. The molecule has 0 bridgehead atoms. The molecule has 0 radical (unpaired) electrons. The van der Waals surface area contributed by atoms with Crippen LogP contribution in [0.15, 0.2) is 60.7 Å². The first kappa shape index (κ1) is 12.4. The van der Waals surface area contributed by atoms with E-state index in [9.17, 15) is 0 Å². The smallest absolute Gasteiger partial charge is 0.0982 e. The van der Waals surface area contributed by atoms with E-state index in [2.05, 4.69) is 42.5 Å². The third kappa shape index (κ3) is 2.26. The van der Waals surface area contributed by atoms with E-state index in [0.29, 0.717) is 0 Å². The summed E-state index contributed by atoms with van der Waals surface area (Å²) in [5.74, 6) is 0. The van der Waals surface area contributed by atoms with Crippen molar-refractivity contribution >= 4 is 38.0 Å². The number of nitrogens with zero attached hydrogens (tertiary/aromatic N) is 1. The van der Waals surface area contributed by atoms with E-state index < -0.39 is 0 Å². The monoisotopic (exact) mass is 290 g/mol. The Bertz CT molecular complexity index is 935. The summed E-state index contributed by atoms with van der Waals surface area (Å²) in [6, 6.07) is 20.8. The summed E-state index contributed by atoms with van der Waals surface area (Å²) in [5, 5.41) is 3.71. The fraction of sp³-hybridized carbons (Fsp3) is 0.0556. The van der Waals surface area contributed by atoms with E-state index in [4.69, 9.17) is 10.7 Å². The van der Waals surface area contributed by atoms with Crippen LogP contribution in [-0.4, -0.2) is 4.98 Å². The van der Waals surface area contributed by atoms with Crippen molar-refractivity contribution in [3.8, 4) is 0 Å². The molecular formula is C18H14N2S. The Hall–Kier alpha value is -2.39. The SMILES string of the molecule is Nc1ccc2nc(Cc3cccc4ccccc34)sc2c1. The van der Waals surface area contributed by atoms with Crippen molar-refractivity contribution in [1.29, 1.82) is 0 Å². The number of fused-ring (bicyclic) bond motifs is 2. The molecule has 4 aromatic rings. The van der Waals surface area contributed by atoms with Crippen LogP contribution >= 0.6 is 11.3 Å². The van der Waals surface area contributed by atoms with Crippen molar-refractivity contribution < 1.29 is 0 Å². The second-order valence-electron chi connectivity index (χ2n) is 5.15. The third-order valence-corrected chi connectivity index (χ3v) is 4.70. The third-order valence-electron chi connectivity index (χ3n) is 3.68. The molecule has 0 atom stereocenters. The lowest BCUT2D eigenvalue weighted by Gasteiger charge is -2.04. The van der Waals surface area contributed by atoms with Gasteiger partial charge in [-0.2, -0.15) is 0 Å². The Balaban J connectivity index is 1.79. The van der Waals surface area contributed by atoms with E-state index in [1.165, 1.54) is 16.3 Å². The number of anilines is 1. The van der Waals surface area contributed by atoms with E-state index >= 15 is 0 Å². The zero-order valence-corrected chi connectivity index (χ0v) is 12.2. The molecule has 1 aromatic heterocycles. The highest BCUT2D eigenvalue weighted by Crippen LogP contribution is 2.28. The lowest BCUT2D eigenvalue weighted by atomic mass is 10.0. The van der Waals surface area contributed by atoms with Crippen LogP contribution in [0.1, 0.15) is 10.6 Å².